The van der Waals surface area contributed by atoms with Crippen LogP contribution < -0.4 is 9.47 Å². The monoisotopic (exact) mass is 391 g/mol. The van der Waals surface area contributed by atoms with Gasteiger partial charge in [0.15, 0.2) is 17.6 Å². The third-order valence-electron chi connectivity index (χ3n) is 6.16. The van der Waals surface area contributed by atoms with Crippen LogP contribution in [0.5, 0.6) is 11.5 Å². The molecule has 6 atom stereocenters. The highest BCUT2D eigenvalue weighted by Gasteiger charge is 2.60. The number of rotatable bonds is 4. The van der Waals surface area contributed by atoms with Gasteiger partial charge in [-0.2, -0.15) is 0 Å². The molecule has 1 N–H and O–H groups in total. The van der Waals surface area contributed by atoms with Crippen LogP contribution in [-0.2, 0) is 20.8 Å². The van der Waals surface area contributed by atoms with Gasteiger partial charge in [-0.25, -0.2) is 0 Å². The molecule has 1 aliphatic carbocycles. The first kappa shape index (κ1) is 19.2. The molecular formula is C20H25NO7. The molecule has 0 unspecified atom stereocenters. The third kappa shape index (κ3) is 2.63. The molecule has 0 aromatic heterocycles. The summed E-state index contributed by atoms with van der Waals surface area (Å²) in [6, 6.07) is 3.12. The second-order valence-electron chi connectivity index (χ2n) is 7.59. The molecule has 1 aromatic carbocycles. The van der Waals surface area contributed by atoms with Gasteiger partial charge in [0.1, 0.15) is 18.7 Å². The maximum absolute atomic E-state index is 13.7. The molecule has 1 saturated carbocycles. The van der Waals surface area contributed by atoms with Crippen molar-refractivity contribution in [2.45, 2.75) is 43.7 Å². The van der Waals surface area contributed by atoms with Crippen molar-refractivity contribution in [2.75, 3.05) is 27.9 Å². The van der Waals surface area contributed by atoms with Crippen molar-refractivity contribution in [2.24, 2.45) is 0 Å². The van der Waals surface area contributed by atoms with E-state index in [4.69, 9.17) is 18.9 Å². The number of benzene rings is 1. The second-order valence-corrected chi connectivity index (χ2v) is 7.59. The number of hydroxylamine groups is 3. The molecule has 2 aliphatic heterocycles. The minimum absolute atomic E-state index is 0.244. The summed E-state index contributed by atoms with van der Waals surface area (Å²) < 4.78 is 21.3. The van der Waals surface area contributed by atoms with Gasteiger partial charge >= 0.3 is 5.97 Å². The minimum Gasteiger partial charge on any atom is -0.632 e. The van der Waals surface area contributed by atoms with Gasteiger partial charge in [-0.15, -0.1) is 0 Å². The number of fused-ring (bicyclic) bond motifs is 2. The molecule has 0 saturated heterocycles. The summed E-state index contributed by atoms with van der Waals surface area (Å²) in [5.74, 6) is 0.118. The van der Waals surface area contributed by atoms with Crippen molar-refractivity contribution in [3.8, 4) is 11.5 Å². The van der Waals surface area contributed by atoms with Crippen molar-refractivity contribution in [3.05, 3.63) is 40.1 Å². The van der Waals surface area contributed by atoms with E-state index in [1.54, 1.807) is 14.2 Å². The molecule has 1 fully saturated rings. The van der Waals surface area contributed by atoms with Crippen LogP contribution in [0.1, 0.15) is 24.0 Å². The normalized spacial score (nSPS) is 35.5. The summed E-state index contributed by atoms with van der Waals surface area (Å²) in [6.07, 6.45) is -0.703. The predicted molar refractivity (Wildman–Crippen MR) is 98.7 cm³/mol. The maximum atomic E-state index is 13.7. The number of hydrogen-bond donors (Lipinski definition) is 1. The first-order chi connectivity index (χ1) is 13.3. The van der Waals surface area contributed by atoms with Crippen LogP contribution in [0.2, 0.25) is 0 Å². The highest BCUT2D eigenvalue weighted by Crippen LogP contribution is 2.53. The Bertz CT molecular complexity index is 838. The molecule has 1 aromatic rings. The van der Waals surface area contributed by atoms with Gasteiger partial charge < -0.3 is 33.9 Å². The zero-order valence-electron chi connectivity index (χ0n) is 16.4. The topological polar surface area (TPSA) is 97.3 Å². The van der Waals surface area contributed by atoms with Gasteiger partial charge in [0.05, 0.1) is 32.8 Å². The van der Waals surface area contributed by atoms with Crippen molar-refractivity contribution in [1.82, 2.24) is 0 Å². The molecule has 3 aliphatic rings. The Morgan fingerprint density at radius 2 is 1.89 bits per heavy atom. The molecule has 4 rings (SSSR count). The average molecular weight is 391 g/mol. The van der Waals surface area contributed by atoms with Crippen molar-refractivity contribution in [3.63, 3.8) is 0 Å². The number of quaternary nitrogens is 1. The predicted octanol–water partition coefficient (Wildman–Crippen LogP) is 1.25. The van der Waals surface area contributed by atoms with E-state index in [-0.39, 0.29) is 13.1 Å². The molecule has 0 radical (unpaired) electrons. The quantitative estimate of drug-likeness (QED) is 0.357. The lowest BCUT2D eigenvalue weighted by atomic mass is 9.69. The van der Waals surface area contributed by atoms with Gasteiger partial charge in [0.2, 0.25) is 0 Å². The Kier molecular flexibility index (Phi) is 4.62. The standard InChI is InChI=1S/C20H25NO7/c1-10(22)28-19-12-5-6-21(24)9-11-7-14(25-2)15(26-3)8-13(11)16(17(12)21)18(23)20(19)27-4/h5,7-8,16-20,23H,6,9H2,1-4H3/t16-,17+,18-,19+,20+,21-/m0/s1. The van der Waals surface area contributed by atoms with Gasteiger partial charge in [-0.05, 0) is 23.8 Å². The molecule has 0 bridgehead atoms. The Morgan fingerprint density at radius 3 is 2.50 bits per heavy atom. The maximum Gasteiger partial charge on any atom is 0.303 e. The number of hydrogen-bond acceptors (Lipinski definition) is 7. The number of nitrogens with zero attached hydrogens (tertiary/aromatic N) is 1. The van der Waals surface area contributed by atoms with E-state index in [2.05, 4.69) is 0 Å². The van der Waals surface area contributed by atoms with E-state index < -0.39 is 40.9 Å². The van der Waals surface area contributed by atoms with Gasteiger partial charge in [0.25, 0.3) is 0 Å². The Hall–Kier alpha value is -2.13. The van der Waals surface area contributed by atoms with Crippen LogP contribution in [0.4, 0.5) is 0 Å². The molecular weight excluding hydrogens is 366 g/mol. The van der Waals surface area contributed by atoms with E-state index in [1.165, 1.54) is 14.0 Å². The van der Waals surface area contributed by atoms with E-state index in [0.717, 1.165) is 16.7 Å². The summed E-state index contributed by atoms with van der Waals surface area (Å²) >= 11 is 0. The Morgan fingerprint density at radius 1 is 1.21 bits per heavy atom. The summed E-state index contributed by atoms with van der Waals surface area (Å²) in [5.41, 5.74) is 2.40. The minimum atomic E-state index is -1.02. The van der Waals surface area contributed by atoms with E-state index in [1.807, 2.05) is 18.2 Å². The SMILES string of the molecule is COc1cc2c(cc1OC)[C@@H]1[C@H](O)[C@@H](OC)[C@H](OC(C)=O)C3=CC[N@+]([O-])(C2)[C@H]31. The fourth-order valence-electron chi connectivity index (χ4n) is 5.08. The molecule has 0 spiro atoms. The Labute approximate surface area is 163 Å². The number of methoxy groups -OCH3 is 3. The zero-order valence-corrected chi connectivity index (χ0v) is 16.4. The van der Waals surface area contributed by atoms with Crippen LogP contribution in [0.15, 0.2) is 23.8 Å². The number of carbonyl (C=O) groups is 1. The molecule has 2 heterocycles. The van der Waals surface area contributed by atoms with E-state index >= 15 is 0 Å². The van der Waals surface area contributed by atoms with Crippen molar-refractivity contribution < 1.29 is 33.5 Å². The van der Waals surface area contributed by atoms with Crippen molar-refractivity contribution >= 4 is 5.97 Å². The van der Waals surface area contributed by atoms with Crippen molar-refractivity contribution in [1.29, 1.82) is 0 Å². The fourth-order valence-corrected chi connectivity index (χ4v) is 5.08. The molecule has 8 nitrogen and oxygen atoms in total. The fraction of sp³-hybridized carbons (Fsp3) is 0.550. The molecule has 28 heavy (non-hydrogen) atoms. The third-order valence-corrected chi connectivity index (χ3v) is 6.16. The average Bonchev–Trinajstić information content (AvgIpc) is 3.00. The van der Waals surface area contributed by atoms with Crippen LogP contribution >= 0.6 is 0 Å². The largest absolute Gasteiger partial charge is 0.632 e. The second kappa shape index (κ2) is 6.73. The summed E-state index contributed by atoms with van der Waals surface area (Å²) in [6.45, 7) is 1.81. The first-order valence-electron chi connectivity index (χ1n) is 9.25. The van der Waals surface area contributed by atoms with Crippen LogP contribution in [-0.4, -0.2) is 68.0 Å². The number of aliphatic hydroxyl groups is 1. The summed E-state index contributed by atoms with van der Waals surface area (Å²) in [7, 11) is 4.57. The molecule has 152 valence electrons. The Balaban J connectivity index is 1.86. The highest BCUT2D eigenvalue weighted by molar-refractivity contribution is 5.67. The van der Waals surface area contributed by atoms with Crippen LogP contribution in [0, 0.1) is 5.21 Å². The van der Waals surface area contributed by atoms with Gasteiger partial charge in [0, 0.05) is 25.2 Å². The number of aliphatic hydroxyl groups excluding tert-OH is 1. The van der Waals surface area contributed by atoms with E-state index in [9.17, 15) is 15.1 Å². The van der Waals surface area contributed by atoms with Gasteiger partial charge in [-0.3, -0.25) is 4.79 Å². The van der Waals surface area contributed by atoms with Crippen LogP contribution in [0.3, 0.4) is 0 Å². The number of esters is 1. The van der Waals surface area contributed by atoms with Crippen LogP contribution in [0.25, 0.3) is 0 Å². The smallest absolute Gasteiger partial charge is 0.303 e. The molecule has 8 heteroatoms. The zero-order chi connectivity index (χ0) is 20.2. The summed E-state index contributed by atoms with van der Waals surface area (Å²) in [4.78, 5) is 11.6. The summed E-state index contributed by atoms with van der Waals surface area (Å²) in [5, 5.41) is 24.9. The first-order valence-corrected chi connectivity index (χ1v) is 9.25. The lowest BCUT2D eigenvalue weighted by molar-refractivity contribution is -0.907. The lowest BCUT2D eigenvalue weighted by Crippen LogP contribution is -2.63. The highest BCUT2D eigenvalue weighted by atomic mass is 16.6. The molecule has 0 amide bonds. The number of ether oxygens (including phenoxy) is 4. The number of carbonyl (C=O) groups excluding carboxylic acids is 1. The van der Waals surface area contributed by atoms with E-state index in [0.29, 0.717) is 11.5 Å². The van der Waals surface area contributed by atoms with Gasteiger partial charge in [-0.1, -0.05) is 0 Å². The lowest BCUT2D eigenvalue weighted by Gasteiger charge is -2.56.